The Bertz CT molecular complexity index is 244. The zero-order valence-electron chi connectivity index (χ0n) is 11.4. The van der Waals surface area contributed by atoms with E-state index in [0.29, 0.717) is 0 Å². The van der Waals surface area contributed by atoms with Crippen LogP contribution in [-0.2, 0) is 0 Å². The van der Waals surface area contributed by atoms with Crippen LogP contribution in [0.15, 0.2) is 73.9 Å². The first-order chi connectivity index (χ1) is 7.18. The minimum Gasteiger partial charge on any atom is -0.0988 e. The Kier molecular flexibility index (Phi) is 16.7. The fourth-order valence-electron chi connectivity index (χ4n) is 0. The highest BCUT2D eigenvalue weighted by molar-refractivity contribution is 5.19. The van der Waals surface area contributed by atoms with Crippen molar-refractivity contribution in [1.82, 2.24) is 0 Å². The van der Waals surface area contributed by atoms with Gasteiger partial charge in [-0.25, -0.2) is 0 Å². The van der Waals surface area contributed by atoms with Gasteiger partial charge in [0.25, 0.3) is 0 Å². The molecule has 0 rings (SSSR count). The summed E-state index contributed by atoms with van der Waals surface area (Å²) in [4.78, 5) is 0. The number of hydrogen-bond acceptors (Lipinski definition) is 0. The first-order valence-corrected chi connectivity index (χ1v) is 5.06. The smallest absolute Gasteiger partial charge is 0.0401 e. The normalized spacial score (nSPS) is 7.00. The largest absolute Gasteiger partial charge is 0.0988 e. The van der Waals surface area contributed by atoms with E-state index < -0.39 is 0 Å². The van der Waals surface area contributed by atoms with Crippen molar-refractivity contribution in [3.05, 3.63) is 73.9 Å². The molecule has 0 heterocycles. The minimum atomic E-state index is 1.02. The molecule has 0 aromatic rings. The van der Waals surface area contributed by atoms with E-state index in [1.54, 1.807) is 12.2 Å². The molecular formula is C16H26. The number of rotatable bonds is 3. The first-order valence-electron chi connectivity index (χ1n) is 5.06. The highest BCUT2D eigenvalue weighted by Crippen LogP contribution is 1.98. The summed E-state index contributed by atoms with van der Waals surface area (Å²) < 4.78 is 0. The number of allylic oxidation sites excluding steroid dienone is 6. The van der Waals surface area contributed by atoms with Crippen LogP contribution in [0.2, 0.25) is 0 Å². The van der Waals surface area contributed by atoms with Crippen LogP contribution in [0, 0.1) is 0 Å². The van der Waals surface area contributed by atoms with Crippen molar-refractivity contribution in [2.45, 2.75) is 27.7 Å². The summed E-state index contributed by atoms with van der Waals surface area (Å²) >= 11 is 0. The molecule has 0 spiro atoms. The van der Waals surface area contributed by atoms with Gasteiger partial charge in [-0.15, -0.1) is 0 Å². The van der Waals surface area contributed by atoms with Crippen LogP contribution in [0.5, 0.6) is 0 Å². The maximum atomic E-state index is 3.66. The van der Waals surface area contributed by atoms with Crippen LogP contribution in [-0.4, -0.2) is 0 Å². The quantitative estimate of drug-likeness (QED) is 0.538. The average Bonchev–Trinajstić information content (AvgIpc) is 2.19. The van der Waals surface area contributed by atoms with Crippen LogP contribution < -0.4 is 0 Å². The fourth-order valence-corrected chi connectivity index (χ4v) is 0. The van der Waals surface area contributed by atoms with E-state index in [1.807, 2.05) is 27.7 Å². The average molecular weight is 218 g/mol. The van der Waals surface area contributed by atoms with Gasteiger partial charge in [0.15, 0.2) is 0 Å². The van der Waals surface area contributed by atoms with Gasteiger partial charge in [-0.05, 0) is 27.7 Å². The van der Waals surface area contributed by atoms with Gasteiger partial charge >= 0.3 is 0 Å². The molecule has 0 atom stereocenters. The van der Waals surface area contributed by atoms with Crippen molar-refractivity contribution >= 4 is 0 Å². The van der Waals surface area contributed by atoms with Gasteiger partial charge in [-0.3, -0.25) is 0 Å². The standard InChI is InChI=1S/C6H10.2C5H8/c1-5(2)6(3)4;2*1-4-5(2)3/h1,3H2,2,4H3;2*4H,1-2H2,3H3. The Balaban J connectivity index is -0.000000160. The van der Waals surface area contributed by atoms with Gasteiger partial charge in [0, 0.05) is 0 Å². The molecule has 0 saturated heterocycles. The van der Waals surface area contributed by atoms with Crippen LogP contribution in [0.3, 0.4) is 0 Å². The fraction of sp³-hybridized carbons (Fsp3) is 0.250. The van der Waals surface area contributed by atoms with E-state index in [0.717, 1.165) is 22.3 Å². The number of hydrogen-bond donors (Lipinski definition) is 0. The third-order valence-electron chi connectivity index (χ3n) is 1.43. The summed E-state index contributed by atoms with van der Waals surface area (Å²) in [7, 11) is 0. The summed E-state index contributed by atoms with van der Waals surface area (Å²) in [6.45, 7) is 29.1. The second-order valence-electron chi connectivity index (χ2n) is 3.66. The van der Waals surface area contributed by atoms with Gasteiger partial charge in [-0.2, -0.15) is 0 Å². The molecule has 0 aliphatic rings. The molecule has 0 fully saturated rings. The molecular weight excluding hydrogens is 192 g/mol. The van der Waals surface area contributed by atoms with Crippen molar-refractivity contribution in [1.29, 1.82) is 0 Å². The summed E-state index contributed by atoms with van der Waals surface area (Å²) in [5, 5.41) is 0. The maximum Gasteiger partial charge on any atom is -0.0401 e. The molecule has 0 aliphatic heterocycles. The zero-order chi connectivity index (χ0) is 13.7. The van der Waals surface area contributed by atoms with Gasteiger partial charge in [-0.1, -0.05) is 73.9 Å². The summed E-state index contributed by atoms with van der Waals surface area (Å²) in [6.07, 6.45) is 3.44. The van der Waals surface area contributed by atoms with Crippen LogP contribution in [0.1, 0.15) is 27.7 Å². The first kappa shape index (κ1) is 19.9. The Morgan fingerprint density at radius 2 is 0.750 bits per heavy atom. The van der Waals surface area contributed by atoms with Gasteiger partial charge in [0.05, 0.1) is 0 Å². The molecule has 0 nitrogen and oxygen atoms in total. The van der Waals surface area contributed by atoms with Crippen LogP contribution in [0.4, 0.5) is 0 Å². The third kappa shape index (κ3) is 39.3. The van der Waals surface area contributed by atoms with E-state index in [2.05, 4.69) is 39.5 Å². The lowest BCUT2D eigenvalue weighted by Gasteiger charge is -1.88. The van der Waals surface area contributed by atoms with E-state index in [9.17, 15) is 0 Å². The van der Waals surface area contributed by atoms with E-state index >= 15 is 0 Å². The zero-order valence-corrected chi connectivity index (χ0v) is 11.4. The Morgan fingerprint density at radius 3 is 0.750 bits per heavy atom. The van der Waals surface area contributed by atoms with Gasteiger partial charge in [0.1, 0.15) is 0 Å². The topological polar surface area (TPSA) is 0 Å². The minimum absolute atomic E-state index is 1.02. The molecule has 0 amide bonds. The monoisotopic (exact) mass is 218 g/mol. The Morgan fingerprint density at radius 1 is 0.625 bits per heavy atom. The lowest BCUT2D eigenvalue weighted by molar-refractivity contribution is 1.39. The molecule has 90 valence electrons. The van der Waals surface area contributed by atoms with Crippen LogP contribution >= 0.6 is 0 Å². The Labute approximate surface area is 102 Å². The molecule has 0 aromatic heterocycles. The van der Waals surface area contributed by atoms with Crippen molar-refractivity contribution in [2.75, 3.05) is 0 Å². The highest BCUT2D eigenvalue weighted by Gasteiger charge is 1.77. The molecule has 0 N–H and O–H groups in total. The predicted octanol–water partition coefficient (Wildman–Crippen LogP) is 5.64. The lowest BCUT2D eigenvalue weighted by atomic mass is 10.2. The lowest BCUT2D eigenvalue weighted by Crippen LogP contribution is -1.67. The third-order valence-corrected chi connectivity index (χ3v) is 1.43. The SMILES string of the molecule is C=C(C)C(=C)C.C=CC(=C)C.C=CC(=C)C. The molecule has 16 heavy (non-hydrogen) atoms. The van der Waals surface area contributed by atoms with E-state index in [1.165, 1.54) is 0 Å². The summed E-state index contributed by atoms with van der Waals surface area (Å²) in [5.41, 5.74) is 4.17. The molecule has 0 radical (unpaired) electrons. The second kappa shape index (κ2) is 13.4. The van der Waals surface area contributed by atoms with Crippen LogP contribution in [0.25, 0.3) is 0 Å². The summed E-state index contributed by atoms with van der Waals surface area (Å²) in [6, 6.07) is 0. The maximum absolute atomic E-state index is 3.66. The predicted molar refractivity (Wildman–Crippen MR) is 79.7 cm³/mol. The molecule has 0 bridgehead atoms. The van der Waals surface area contributed by atoms with Gasteiger partial charge < -0.3 is 0 Å². The van der Waals surface area contributed by atoms with Gasteiger partial charge in [0.2, 0.25) is 0 Å². The molecule has 0 saturated carbocycles. The van der Waals surface area contributed by atoms with Crippen molar-refractivity contribution in [3.63, 3.8) is 0 Å². The summed E-state index contributed by atoms with van der Waals surface area (Å²) in [5.74, 6) is 0. The molecule has 0 unspecified atom stereocenters. The van der Waals surface area contributed by atoms with E-state index in [4.69, 9.17) is 0 Å². The molecule has 0 heteroatoms. The van der Waals surface area contributed by atoms with Crippen molar-refractivity contribution < 1.29 is 0 Å². The highest BCUT2D eigenvalue weighted by atomic mass is 13.8. The van der Waals surface area contributed by atoms with E-state index in [-0.39, 0.29) is 0 Å². The van der Waals surface area contributed by atoms with Crippen molar-refractivity contribution in [3.8, 4) is 0 Å². The van der Waals surface area contributed by atoms with Crippen molar-refractivity contribution in [2.24, 2.45) is 0 Å². The Hall–Kier alpha value is -1.56. The second-order valence-corrected chi connectivity index (χ2v) is 3.66. The molecule has 0 aliphatic carbocycles. The molecule has 0 aromatic carbocycles.